The molecule has 2 rings (SSSR count). The van der Waals surface area contributed by atoms with Crippen molar-refractivity contribution in [3.8, 4) is 11.5 Å². The molecule has 142 valence electrons. The summed E-state index contributed by atoms with van der Waals surface area (Å²) in [5.74, 6) is -0.0582. The minimum absolute atomic E-state index is 0.314. The maximum Gasteiger partial charge on any atom is 0.235 e. The Morgan fingerprint density at radius 1 is 1.19 bits per heavy atom. The number of carbonyl (C=O) groups is 1. The number of hydrogen-bond donors (Lipinski definition) is 1. The molecule has 0 saturated carbocycles. The van der Waals surface area contributed by atoms with Gasteiger partial charge in [-0.2, -0.15) is 0 Å². The molecule has 0 unspecified atom stereocenters. The quantitative estimate of drug-likeness (QED) is 0.763. The first kappa shape index (κ1) is 20.2. The number of hydrogen-bond acceptors (Lipinski definition) is 5. The molecule has 0 bridgehead atoms. The van der Waals surface area contributed by atoms with E-state index in [1.54, 1.807) is 6.92 Å². The van der Waals surface area contributed by atoms with Crippen molar-refractivity contribution in [1.29, 1.82) is 0 Å². The van der Waals surface area contributed by atoms with Crippen LogP contribution in [0.2, 0.25) is 0 Å². The molecule has 0 spiro atoms. The number of sulfone groups is 1. The van der Waals surface area contributed by atoms with Crippen LogP contribution in [0.15, 0.2) is 28.7 Å². The van der Waals surface area contributed by atoms with Gasteiger partial charge in [-0.05, 0) is 38.3 Å². The third kappa shape index (κ3) is 5.98. The van der Waals surface area contributed by atoms with Crippen LogP contribution >= 0.6 is 0 Å². The average molecular weight is 378 g/mol. The second kappa shape index (κ2) is 8.49. The first-order chi connectivity index (χ1) is 12.2. The van der Waals surface area contributed by atoms with Crippen molar-refractivity contribution in [2.75, 3.05) is 12.3 Å². The molecule has 7 heteroatoms. The van der Waals surface area contributed by atoms with Crippen LogP contribution < -0.4 is 5.32 Å². The summed E-state index contributed by atoms with van der Waals surface area (Å²) in [6, 6.07) is 7.63. The number of oxazole rings is 1. The van der Waals surface area contributed by atoms with E-state index in [9.17, 15) is 13.2 Å². The van der Waals surface area contributed by atoms with Crippen molar-refractivity contribution in [1.82, 2.24) is 10.3 Å². The van der Waals surface area contributed by atoms with Crippen molar-refractivity contribution >= 4 is 15.7 Å². The van der Waals surface area contributed by atoms with E-state index in [2.05, 4.69) is 10.3 Å². The van der Waals surface area contributed by atoms with Gasteiger partial charge in [0.25, 0.3) is 0 Å². The highest BCUT2D eigenvalue weighted by Crippen LogP contribution is 2.23. The first-order valence-electron chi connectivity index (χ1n) is 8.67. The lowest BCUT2D eigenvalue weighted by Gasteiger charge is -2.07. The number of amides is 1. The fourth-order valence-corrected chi connectivity index (χ4v) is 3.68. The molecule has 1 heterocycles. The zero-order valence-electron chi connectivity index (χ0n) is 15.7. The minimum atomic E-state index is -3.62. The summed E-state index contributed by atoms with van der Waals surface area (Å²) in [4.78, 5) is 16.1. The summed E-state index contributed by atoms with van der Waals surface area (Å²) in [6.45, 7) is 8.23. The standard InChI is InChI=1S/C19H26N2O4S/c1-13(2)9-10-20-18(22)12-26(23,24)11-17-15(4)25-19(21-17)16-7-5-14(3)6-8-16/h5-8,13H,9-12H2,1-4H3,(H,20,22). The van der Waals surface area contributed by atoms with Crippen molar-refractivity contribution in [2.24, 2.45) is 5.92 Å². The van der Waals surface area contributed by atoms with E-state index in [1.165, 1.54) is 0 Å². The summed E-state index contributed by atoms with van der Waals surface area (Å²) in [7, 11) is -3.62. The monoisotopic (exact) mass is 378 g/mol. The predicted molar refractivity (Wildman–Crippen MR) is 101 cm³/mol. The van der Waals surface area contributed by atoms with Crippen LogP contribution in [0.25, 0.3) is 11.5 Å². The van der Waals surface area contributed by atoms with Crippen LogP contribution in [0.4, 0.5) is 0 Å². The summed E-state index contributed by atoms with van der Waals surface area (Å²) in [6.07, 6.45) is 0.814. The van der Waals surface area contributed by atoms with Gasteiger partial charge in [0.05, 0.1) is 11.4 Å². The summed E-state index contributed by atoms with van der Waals surface area (Å²) < 4.78 is 30.2. The summed E-state index contributed by atoms with van der Waals surface area (Å²) in [5, 5.41) is 2.64. The molecule has 2 aromatic rings. The van der Waals surface area contributed by atoms with Gasteiger partial charge in [-0.15, -0.1) is 0 Å². The van der Waals surface area contributed by atoms with Crippen LogP contribution in [-0.4, -0.2) is 31.6 Å². The second-order valence-electron chi connectivity index (χ2n) is 6.95. The second-order valence-corrected chi connectivity index (χ2v) is 9.02. The minimum Gasteiger partial charge on any atom is -0.441 e. The van der Waals surface area contributed by atoms with E-state index < -0.39 is 21.5 Å². The lowest BCUT2D eigenvalue weighted by molar-refractivity contribution is -0.118. The maximum absolute atomic E-state index is 12.3. The molecule has 1 amide bonds. The van der Waals surface area contributed by atoms with E-state index in [1.807, 2.05) is 45.0 Å². The maximum atomic E-state index is 12.3. The van der Waals surface area contributed by atoms with E-state index in [0.29, 0.717) is 29.8 Å². The van der Waals surface area contributed by atoms with Crippen molar-refractivity contribution in [2.45, 2.75) is 39.9 Å². The van der Waals surface area contributed by atoms with Gasteiger partial charge in [-0.1, -0.05) is 31.5 Å². The van der Waals surface area contributed by atoms with Crippen molar-refractivity contribution in [3.63, 3.8) is 0 Å². The molecule has 0 radical (unpaired) electrons. The number of benzene rings is 1. The van der Waals surface area contributed by atoms with Gasteiger partial charge in [0.2, 0.25) is 11.8 Å². The summed E-state index contributed by atoms with van der Waals surface area (Å²) in [5.41, 5.74) is 2.24. The van der Waals surface area contributed by atoms with Crippen LogP contribution in [0.1, 0.15) is 37.3 Å². The van der Waals surface area contributed by atoms with Crippen LogP contribution in [0, 0.1) is 19.8 Å². The fourth-order valence-electron chi connectivity index (χ4n) is 2.39. The molecular weight excluding hydrogens is 352 g/mol. The van der Waals surface area contributed by atoms with Crippen molar-refractivity contribution < 1.29 is 17.6 Å². The third-order valence-electron chi connectivity index (χ3n) is 3.94. The zero-order valence-corrected chi connectivity index (χ0v) is 16.5. The van der Waals surface area contributed by atoms with E-state index in [-0.39, 0.29) is 5.75 Å². The van der Waals surface area contributed by atoms with E-state index in [4.69, 9.17) is 4.42 Å². The fraction of sp³-hybridized carbons (Fsp3) is 0.474. The Balaban J connectivity index is 2.03. The SMILES string of the molecule is Cc1ccc(-c2nc(CS(=O)(=O)CC(=O)NCCC(C)C)c(C)o2)cc1. The van der Waals surface area contributed by atoms with E-state index >= 15 is 0 Å². The summed E-state index contributed by atoms with van der Waals surface area (Å²) >= 11 is 0. The molecule has 0 saturated heterocycles. The Kier molecular flexibility index (Phi) is 6.58. The van der Waals surface area contributed by atoms with Gasteiger partial charge >= 0.3 is 0 Å². The zero-order chi connectivity index (χ0) is 19.3. The normalized spacial score (nSPS) is 11.7. The molecule has 0 aliphatic carbocycles. The Hall–Kier alpha value is -2.15. The Bertz CT molecular complexity index is 852. The van der Waals surface area contributed by atoms with E-state index in [0.717, 1.165) is 17.5 Å². The highest BCUT2D eigenvalue weighted by molar-refractivity contribution is 7.91. The lowest BCUT2D eigenvalue weighted by Crippen LogP contribution is -2.32. The number of nitrogens with one attached hydrogen (secondary N) is 1. The predicted octanol–water partition coefficient (Wildman–Crippen LogP) is 3.04. The molecule has 0 aliphatic rings. The largest absolute Gasteiger partial charge is 0.441 e. The van der Waals surface area contributed by atoms with Gasteiger partial charge in [0.15, 0.2) is 9.84 Å². The van der Waals surface area contributed by atoms with Gasteiger partial charge < -0.3 is 9.73 Å². The van der Waals surface area contributed by atoms with Gasteiger partial charge in [-0.25, -0.2) is 13.4 Å². The molecule has 1 aromatic carbocycles. The Labute approximate surface area is 154 Å². The van der Waals surface area contributed by atoms with Gasteiger partial charge in [0.1, 0.15) is 11.5 Å². The lowest BCUT2D eigenvalue weighted by atomic mass is 10.1. The van der Waals surface area contributed by atoms with Crippen LogP contribution in [0.5, 0.6) is 0 Å². The highest BCUT2D eigenvalue weighted by Gasteiger charge is 2.22. The molecule has 26 heavy (non-hydrogen) atoms. The average Bonchev–Trinajstić information content (AvgIpc) is 2.87. The first-order valence-corrected chi connectivity index (χ1v) is 10.5. The Morgan fingerprint density at radius 3 is 2.46 bits per heavy atom. The van der Waals surface area contributed by atoms with Gasteiger partial charge in [-0.3, -0.25) is 4.79 Å². The van der Waals surface area contributed by atoms with Gasteiger partial charge in [0, 0.05) is 12.1 Å². The molecule has 0 aliphatic heterocycles. The highest BCUT2D eigenvalue weighted by atomic mass is 32.2. The number of carbonyl (C=O) groups excluding carboxylic acids is 1. The van der Waals surface area contributed by atoms with Crippen LogP contribution in [-0.2, 0) is 20.4 Å². The topological polar surface area (TPSA) is 89.3 Å². The molecule has 6 nitrogen and oxygen atoms in total. The molecule has 1 aromatic heterocycles. The number of aromatic nitrogens is 1. The molecule has 0 atom stereocenters. The number of rotatable bonds is 8. The third-order valence-corrected chi connectivity index (χ3v) is 5.36. The van der Waals surface area contributed by atoms with Crippen LogP contribution in [0.3, 0.4) is 0 Å². The number of nitrogens with zero attached hydrogens (tertiary/aromatic N) is 1. The molecule has 1 N–H and O–H groups in total. The Morgan fingerprint density at radius 2 is 1.85 bits per heavy atom. The molecule has 0 fully saturated rings. The molecular formula is C19H26N2O4S. The number of aryl methyl sites for hydroxylation is 2. The van der Waals surface area contributed by atoms with Crippen molar-refractivity contribution in [3.05, 3.63) is 41.3 Å². The smallest absolute Gasteiger partial charge is 0.235 e.